The molecule has 1 N–H and O–H groups in total. The van der Waals surface area contributed by atoms with Gasteiger partial charge in [0.2, 0.25) is 5.91 Å². The fourth-order valence-corrected chi connectivity index (χ4v) is 3.39. The molecular formula is C22H22N4O. The van der Waals surface area contributed by atoms with Crippen molar-refractivity contribution < 1.29 is 4.79 Å². The van der Waals surface area contributed by atoms with Gasteiger partial charge in [-0.3, -0.25) is 9.79 Å². The quantitative estimate of drug-likeness (QED) is 0.756. The average molecular weight is 358 g/mol. The fraction of sp³-hybridized carbons (Fsp3) is 0.227. The van der Waals surface area contributed by atoms with Crippen LogP contribution in [0.15, 0.2) is 72.1 Å². The first-order chi connectivity index (χ1) is 13.2. The second kappa shape index (κ2) is 7.58. The Labute approximate surface area is 158 Å². The molecule has 1 aliphatic heterocycles. The number of anilines is 1. The maximum atomic E-state index is 12.7. The van der Waals surface area contributed by atoms with Crippen molar-refractivity contribution >= 4 is 17.3 Å². The monoisotopic (exact) mass is 358 g/mol. The van der Waals surface area contributed by atoms with Gasteiger partial charge in [-0.05, 0) is 18.1 Å². The molecule has 0 spiro atoms. The number of benzene rings is 2. The van der Waals surface area contributed by atoms with Crippen LogP contribution in [0, 0.1) is 0 Å². The highest BCUT2D eigenvalue weighted by Gasteiger charge is 2.25. The van der Waals surface area contributed by atoms with Crippen LogP contribution >= 0.6 is 0 Å². The number of rotatable bonds is 5. The lowest BCUT2D eigenvalue weighted by atomic mass is 10.1. The molecule has 0 aliphatic carbocycles. The van der Waals surface area contributed by atoms with Gasteiger partial charge >= 0.3 is 0 Å². The van der Waals surface area contributed by atoms with E-state index >= 15 is 0 Å². The van der Waals surface area contributed by atoms with Crippen LogP contribution in [0.2, 0.25) is 0 Å². The number of carbonyl (C=O) groups excluding carboxylic acids is 1. The summed E-state index contributed by atoms with van der Waals surface area (Å²) >= 11 is 0. The average Bonchev–Trinajstić information content (AvgIpc) is 3.07. The summed E-state index contributed by atoms with van der Waals surface area (Å²) in [5, 5.41) is 3.02. The third-order valence-electron chi connectivity index (χ3n) is 4.74. The molecule has 0 saturated heterocycles. The lowest BCUT2D eigenvalue weighted by Gasteiger charge is -2.09. The Bertz CT molecular complexity index is 975. The number of carbonyl (C=O) groups is 1. The number of amides is 1. The molecule has 0 saturated carbocycles. The Balaban J connectivity index is 1.53. The van der Waals surface area contributed by atoms with Crippen molar-refractivity contribution in [2.24, 2.45) is 4.99 Å². The summed E-state index contributed by atoms with van der Waals surface area (Å²) in [7, 11) is 0. The summed E-state index contributed by atoms with van der Waals surface area (Å²) in [5.74, 6) is -0.0801. The van der Waals surface area contributed by atoms with Crippen molar-refractivity contribution in [2.75, 3.05) is 5.32 Å². The van der Waals surface area contributed by atoms with Crippen LogP contribution in [-0.2, 0) is 17.8 Å². The van der Waals surface area contributed by atoms with Gasteiger partial charge < -0.3 is 9.88 Å². The maximum Gasteiger partial charge on any atom is 0.249 e. The minimum absolute atomic E-state index is 0.0801. The first-order valence-corrected chi connectivity index (χ1v) is 9.24. The van der Waals surface area contributed by atoms with E-state index in [0.29, 0.717) is 6.42 Å². The number of hydrogen-bond donors (Lipinski definition) is 1. The van der Waals surface area contributed by atoms with Crippen molar-refractivity contribution in [1.82, 2.24) is 9.55 Å². The van der Waals surface area contributed by atoms with Crippen LogP contribution in [0.1, 0.15) is 30.2 Å². The van der Waals surface area contributed by atoms with Crippen molar-refractivity contribution in [3.63, 3.8) is 0 Å². The van der Waals surface area contributed by atoms with Crippen molar-refractivity contribution in [3.05, 3.63) is 83.9 Å². The summed E-state index contributed by atoms with van der Waals surface area (Å²) in [6.07, 6.45) is 5.09. The topological polar surface area (TPSA) is 59.3 Å². The van der Waals surface area contributed by atoms with Crippen molar-refractivity contribution in [2.45, 2.75) is 32.4 Å². The predicted molar refractivity (Wildman–Crippen MR) is 107 cm³/mol. The van der Waals surface area contributed by atoms with Crippen LogP contribution < -0.4 is 5.32 Å². The van der Waals surface area contributed by atoms with E-state index in [1.807, 2.05) is 59.6 Å². The number of hydrogen-bond acceptors (Lipinski definition) is 3. The lowest BCUT2D eigenvalue weighted by molar-refractivity contribution is -0.117. The van der Waals surface area contributed by atoms with E-state index in [-0.39, 0.29) is 5.91 Å². The molecule has 3 aromatic rings. The van der Waals surface area contributed by atoms with E-state index in [4.69, 9.17) is 4.99 Å². The van der Waals surface area contributed by atoms with Gasteiger partial charge in [0.1, 0.15) is 6.04 Å². The highest BCUT2D eigenvalue weighted by Crippen LogP contribution is 2.23. The van der Waals surface area contributed by atoms with Crippen LogP contribution in [0.25, 0.3) is 0 Å². The number of imidazole rings is 1. The first kappa shape index (κ1) is 17.2. The molecule has 5 heteroatoms. The number of aliphatic imine (C=N–C) groups is 1. The van der Waals surface area contributed by atoms with Crippen LogP contribution in [0.4, 0.5) is 5.69 Å². The van der Waals surface area contributed by atoms with Crippen LogP contribution in [0.5, 0.6) is 0 Å². The highest BCUT2D eigenvalue weighted by molar-refractivity contribution is 6.11. The molecule has 1 atom stereocenters. The molecule has 1 aliphatic rings. The second-order valence-electron chi connectivity index (χ2n) is 6.71. The Hall–Kier alpha value is -3.21. The Morgan fingerprint density at radius 1 is 1.07 bits per heavy atom. The number of nitrogens with one attached hydrogen (secondary N) is 1. The largest absolute Gasteiger partial charge is 0.333 e. The summed E-state index contributed by atoms with van der Waals surface area (Å²) in [6, 6.07) is 17.6. The zero-order valence-corrected chi connectivity index (χ0v) is 15.3. The maximum absolute atomic E-state index is 12.7. The first-order valence-electron chi connectivity index (χ1n) is 9.24. The van der Waals surface area contributed by atoms with E-state index < -0.39 is 6.04 Å². The molecular weight excluding hydrogens is 336 g/mol. The molecule has 5 nitrogen and oxygen atoms in total. The molecule has 0 unspecified atom stereocenters. The molecule has 1 amide bonds. The predicted octanol–water partition coefficient (Wildman–Crippen LogP) is 3.69. The van der Waals surface area contributed by atoms with Gasteiger partial charge in [-0.1, -0.05) is 55.5 Å². The lowest BCUT2D eigenvalue weighted by Crippen LogP contribution is -2.27. The summed E-state index contributed by atoms with van der Waals surface area (Å²) in [4.78, 5) is 21.9. The number of fused-ring (bicyclic) bond motifs is 1. The molecule has 0 radical (unpaired) electrons. The number of nitrogens with zero attached hydrogens (tertiary/aromatic N) is 3. The summed E-state index contributed by atoms with van der Waals surface area (Å²) in [6.45, 7) is 2.83. The van der Waals surface area contributed by atoms with Gasteiger partial charge in [0.05, 0.1) is 12.0 Å². The molecule has 136 valence electrons. The minimum atomic E-state index is -0.465. The summed E-state index contributed by atoms with van der Waals surface area (Å²) < 4.78 is 2.04. The normalized spacial score (nSPS) is 16.3. The molecule has 4 rings (SSSR count). The fourth-order valence-electron chi connectivity index (χ4n) is 3.39. The van der Waals surface area contributed by atoms with Crippen molar-refractivity contribution in [1.29, 1.82) is 0 Å². The van der Waals surface area contributed by atoms with Gasteiger partial charge in [-0.25, -0.2) is 4.98 Å². The summed E-state index contributed by atoms with van der Waals surface area (Å²) in [5.41, 5.74) is 4.88. The van der Waals surface area contributed by atoms with E-state index in [1.54, 1.807) is 0 Å². The smallest absolute Gasteiger partial charge is 0.249 e. The van der Waals surface area contributed by atoms with Gasteiger partial charge in [0.15, 0.2) is 0 Å². The van der Waals surface area contributed by atoms with E-state index in [0.717, 1.165) is 35.6 Å². The van der Waals surface area contributed by atoms with Crippen LogP contribution in [-0.4, -0.2) is 27.2 Å². The van der Waals surface area contributed by atoms with Crippen molar-refractivity contribution in [3.8, 4) is 0 Å². The molecule has 27 heavy (non-hydrogen) atoms. The SMILES string of the molecule is CCC1=N[C@@H](Cc2cn(Cc3ccccc3)cn2)C(=O)Nc2ccccc21. The molecule has 2 heterocycles. The Morgan fingerprint density at radius 2 is 1.85 bits per heavy atom. The van der Waals surface area contributed by atoms with E-state index in [9.17, 15) is 4.79 Å². The Morgan fingerprint density at radius 3 is 2.67 bits per heavy atom. The van der Waals surface area contributed by atoms with Gasteiger partial charge in [-0.15, -0.1) is 0 Å². The third-order valence-corrected chi connectivity index (χ3v) is 4.74. The van der Waals surface area contributed by atoms with E-state index in [1.165, 1.54) is 5.56 Å². The number of aromatic nitrogens is 2. The third kappa shape index (κ3) is 3.82. The van der Waals surface area contributed by atoms with Gasteiger partial charge in [0, 0.05) is 36.1 Å². The van der Waals surface area contributed by atoms with Gasteiger partial charge in [-0.2, -0.15) is 0 Å². The second-order valence-corrected chi connectivity index (χ2v) is 6.71. The number of para-hydroxylation sites is 1. The zero-order valence-electron chi connectivity index (χ0n) is 15.3. The minimum Gasteiger partial charge on any atom is -0.333 e. The highest BCUT2D eigenvalue weighted by atomic mass is 16.2. The molecule has 0 fully saturated rings. The molecule has 1 aromatic heterocycles. The standard InChI is InChI=1S/C22H22N4O/c1-2-19-18-10-6-7-11-20(18)25-22(27)21(24-19)12-17-14-26(15-23-17)13-16-8-4-3-5-9-16/h3-11,14-15,21H,2,12-13H2,1H3,(H,25,27)/t21-/m0/s1. The van der Waals surface area contributed by atoms with E-state index in [2.05, 4.69) is 29.4 Å². The van der Waals surface area contributed by atoms with Crippen LogP contribution in [0.3, 0.4) is 0 Å². The zero-order chi connectivity index (χ0) is 18.6. The van der Waals surface area contributed by atoms with Gasteiger partial charge in [0.25, 0.3) is 0 Å². The Kier molecular flexibility index (Phi) is 4.83. The number of benzodiazepines with no additional fused rings is 1. The molecule has 2 aromatic carbocycles. The molecule has 0 bridgehead atoms.